The predicted molar refractivity (Wildman–Crippen MR) is 77.1 cm³/mol. The number of unbranched alkanes of at least 4 members (excludes halogenated alkanes) is 1. The lowest BCUT2D eigenvalue weighted by atomic mass is 10.3. The smallest absolute Gasteiger partial charge is 0.330 e. The van der Waals surface area contributed by atoms with Gasteiger partial charge in [0.25, 0.3) is 5.56 Å². The third kappa shape index (κ3) is 3.50. The number of aromatic nitrogens is 4. The summed E-state index contributed by atoms with van der Waals surface area (Å²) in [7, 11) is 0. The highest BCUT2D eigenvalue weighted by molar-refractivity contribution is 5.60. The van der Waals surface area contributed by atoms with Crippen molar-refractivity contribution in [1.29, 1.82) is 0 Å². The molecule has 0 radical (unpaired) electrons. The molecule has 0 unspecified atom stereocenters. The molecular weight excluding hydrogens is 276 g/mol. The fraction of sp³-hybridized carbons (Fsp3) is 0.500. The van der Waals surface area contributed by atoms with Crippen molar-refractivity contribution in [3.8, 4) is 0 Å². The van der Waals surface area contributed by atoms with Crippen LogP contribution in [0, 0.1) is 0 Å². The first kappa shape index (κ1) is 14.8. The van der Waals surface area contributed by atoms with E-state index in [0.29, 0.717) is 25.3 Å². The van der Waals surface area contributed by atoms with Crippen molar-refractivity contribution >= 4 is 11.5 Å². The van der Waals surface area contributed by atoms with E-state index in [2.05, 4.69) is 25.0 Å². The van der Waals surface area contributed by atoms with E-state index in [-0.39, 0.29) is 11.5 Å². The molecule has 9 heteroatoms. The Labute approximate surface area is 120 Å². The van der Waals surface area contributed by atoms with Gasteiger partial charge in [0.15, 0.2) is 5.82 Å². The molecule has 0 aliphatic heterocycles. The number of anilines is 2. The van der Waals surface area contributed by atoms with Gasteiger partial charge in [0.1, 0.15) is 11.5 Å². The van der Waals surface area contributed by atoms with Crippen LogP contribution in [0.3, 0.4) is 0 Å². The molecule has 0 saturated carbocycles. The molecule has 4 N–H and O–H groups in total. The summed E-state index contributed by atoms with van der Waals surface area (Å²) in [6.07, 6.45) is 3.44. The Morgan fingerprint density at radius 2 is 2.29 bits per heavy atom. The molecule has 0 bridgehead atoms. The maximum absolute atomic E-state index is 11.8. The topological polar surface area (TPSA) is 132 Å². The van der Waals surface area contributed by atoms with Gasteiger partial charge >= 0.3 is 5.69 Å². The fourth-order valence-corrected chi connectivity index (χ4v) is 1.90. The molecule has 0 aliphatic carbocycles. The van der Waals surface area contributed by atoms with Crippen LogP contribution < -0.4 is 22.3 Å². The van der Waals surface area contributed by atoms with E-state index in [1.165, 1.54) is 11.0 Å². The molecule has 0 fully saturated rings. The van der Waals surface area contributed by atoms with Gasteiger partial charge in [-0.05, 0) is 6.42 Å². The minimum atomic E-state index is -0.529. The average molecular weight is 294 g/mol. The third-order valence-corrected chi connectivity index (χ3v) is 3.03. The molecule has 0 aliphatic rings. The maximum Gasteiger partial charge on any atom is 0.330 e. The molecule has 0 saturated heterocycles. The summed E-state index contributed by atoms with van der Waals surface area (Å²) in [5, 5.41) is 6.58. The molecule has 2 aromatic rings. The highest BCUT2D eigenvalue weighted by Crippen LogP contribution is 2.10. The largest absolute Gasteiger partial charge is 0.383 e. The molecule has 114 valence electrons. The van der Waals surface area contributed by atoms with Crippen LogP contribution in [-0.4, -0.2) is 26.2 Å². The van der Waals surface area contributed by atoms with E-state index in [4.69, 9.17) is 5.73 Å². The number of hydrogen-bond acceptors (Lipinski definition) is 7. The Morgan fingerprint density at radius 1 is 1.48 bits per heavy atom. The number of nitrogen functional groups attached to an aromatic ring is 1. The summed E-state index contributed by atoms with van der Waals surface area (Å²) < 4.78 is 5.98. The number of nitrogens with zero attached hydrogens (tertiary/aromatic N) is 3. The van der Waals surface area contributed by atoms with Crippen molar-refractivity contribution in [3.63, 3.8) is 0 Å². The lowest BCUT2D eigenvalue weighted by molar-refractivity contribution is 0.410. The zero-order valence-corrected chi connectivity index (χ0v) is 11.8. The van der Waals surface area contributed by atoms with Gasteiger partial charge in [-0.2, -0.15) is 4.98 Å². The van der Waals surface area contributed by atoms with E-state index < -0.39 is 11.2 Å². The molecule has 21 heavy (non-hydrogen) atoms. The summed E-state index contributed by atoms with van der Waals surface area (Å²) in [4.78, 5) is 29.7. The summed E-state index contributed by atoms with van der Waals surface area (Å²) in [6.45, 7) is 2.88. The van der Waals surface area contributed by atoms with Crippen LogP contribution in [0.15, 0.2) is 20.5 Å². The van der Waals surface area contributed by atoms with Gasteiger partial charge in [-0.15, -0.1) is 0 Å². The number of nitrogens with two attached hydrogens (primary N) is 1. The van der Waals surface area contributed by atoms with Crippen molar-refractivity contribution in [3.05, 3.63) is 33.1 Å². The first-order valence-corrected chi connectivity index (χ1v) is 6.75. The SMILES string of the molecule is CCCCn1c(N)c(NCCc2ncon2)c(=O)[nH]c1=O. The van der Waals surface area contributed by atoms with Gasteiger partial charge in [0, 0.05) is 19.5 Å². The lowest BCUT2D eigenvalue weighted by Gasteiger charge is -2.13. The Bertz CT molecular complexity index is 688. The van der Waals surface area contributed by atoms with Crippen molar-refractivity contribution in [1.82, 2.24) is 19.7 Å². The number of nitrogens with one attached hydrogen (secondary N) is 2. The van der Waals surface area contributed by atoms with Crippen LogP contribution in [-0.2, 0) is 13.0 Å². The van der Waals surface area contributed by atoms with Crippen LogP contribution in [0.5, 0.6) is 0 Å². The Hall–Kier alpha value is -2.58. The molecule has 2 heterocycles. The molecule has 0 aromatic carbocycles. The Kier molecular flexibility index (Phi) is 4.75. The zero-order valence-electron chi connectivity index (χ0n) is 11.8. The Morgan fingerprint density at radius 3 is 2.95 bits per heavy atom. The lowest BCUT2D eigenvalue weighted by Crippen LogP contribution is -2.34. The van der Waals surface area contributed by atoms with E-state index in [1.807, 2.05) is 6.92 Å². The quantitative estimate of drug-likeness (QED) is 0.652. The third-order valence-electron chi connectivity index (χ3n) is 3.03. The van der Waals surface area contributed by atoms with E-state index in [0.717, 1.165) is 12.8 Å². The first-order chi connectivity index (χ1) is 10.1. The van der Waals surface area contributed by atoms with Gasteiger partial charge in [0.2, 0.25) is 6.39 Å². The molecule has 0 amide bonds. The van der Waals surface area contributed by atoms with Crippen molar-refractivity contribution < 1.29 is 4.52 Å². The standard InChI is InChI=1S/C12H18N6O3/c1-2-3-6-18-10(13)9(11(19)16-12(18)20)14-5-4-8-15-7-21-17-8/h7,14H,2-6,13H2,1H3,(H,16,19,20). The van der Waals surface area contributed by atoms with E-state index >= 15 is 0 Å². The molecular formula is C12H18N6O3. The highest BCUT2D eigenvalue weighted by Gasteiger charge is 2.11. The highest BCUT2D eigenvalue weighted by atomic mass is 16.5. The predicted octanol–water partition coefficient (Wildman–Crippen LogP) is -0.0435. The van der Waals surface area contributed by atoms with Crippen LogP contribution in [0.1, 0.15) is 25.6 Å². The van der Waals surface area contributed by atoms with Gasteiger partial charge in [-0.25, -0.2) is 4.79 Å². The number of hydrogen-bond donors (Lipinski definition) is 3. The number of aromatic amines is 1. The van der Waals surface area contributed by atoms with Gasteiger partial charge in [0.05, 0.1) is 0 Å². The maximum atomic E-state index is 11.8. The molecule has 0 spiro atoms. The van der Waals surface area contributed by atoms with Gasteiger partial charge in [-0.1, -0.05) is 18.5 Å². The molecule has 9 nitrogen and oxygen atoms in total. The fourth-order valence-electron chi connectivity index (χ4n) is 1.90. The van der Waals surface area contributed by atoms with E-state index in [9.17, 15) is 9.59 Å². The second-order valence-corrected chi connectivity index (χ2v) is 4.55. The normalized spacial score (nSPS) is 10.7. The van der Waals surface area contributed by atoms with Gasteiger partial charge < -0.3 is 15.6 Å². The molecule has 2 rings (SSSR count). The van der Waals surface area contributed by atoms with Crippen molar-refractivity contribution in [2.24, 2.45) is 0 Å². The van der Waals surface area contributed by atoms with E-state index in [1.54, 1.807) is 0 Å². The number of rotatable bonds is 7. The zero-order chi connectivity index (χ0) is 15.2. The van der Waals surface area contributed by atoms with Crippen molar-refractivity contribution in [2.45, 2.75) is 32.7 Å². The van der Waals surface area contributed by atoms with Crippen molar-refractivity contribution in [2.75, 3.05) is 17.6 Å². The van der Waals surface area contributed by atoms with Crippen LogP contribution in [0.4, 0.5) is 11.5 Å². The summed E-state index contributed by atoms with van der Waals surface area (Å²) in [5.41, 5.74) is 5.08. The Balaban J connectivity index is 2.14. The average Bonchev–Trinajstić information content (AvgIpc) is 2.95. The molecule has 0 atom stereocenters. The minimum Gasteiger partial charge on any atom is -0.383 e. The second-order valence-electron chi connectivity index (χ2n) is 4.55. The van der Waals surface area contributed by atoms with Crippen LogP contribution in [0.25, 0.3) is 0 Å². The monoisotopic (exact) mass is 294 g/mol. The number of H-pyrrole nitrogens is 1. The summed E-state index contributed by atoms with van der Waals surface area (Å²) >= 11 is 0. The second kappa shape index (κ2) is 6.73. The molecule has 2 aromatic heterocycles. The van der Waals surface area contributed by atoms with Crippen LogP contribution >= 0.6 is 0 Å². The van der Waals surface area contributed by atoms with Crippen LogP contribution in [0.2, 0.25) is 0 Å². The first-order valence-electron chi connectivity index (χ1n) is 6.75. The summed E-state index contributed by atoms with van der Waals surface area (Å²) in [6, 6.07) is 0. The summed E-state index contributed by atoms with van der Waals surface area (Å²) in [5.74, 6) is 0.669. The minimum absolute atomic E-state index is 0.144. The van der Waals surface area contributed by atoms with Gasteiger partial charge in [-0.3, -0.25) is 14.3 Å².